The summed E-state index contributed by atoms with van der Waals surface area (Å²) in [4.78, 5) is 0. The Morgan fingerprint density at radius 1 is 0.778 bits per heavy atom. The van der Waals surface area contributed by atoms with Gasteiger partial charge in [0, 0.05) is 0 Å². The van der Waals surface area contributed by atoms with Crippen molar-refractivity contribution in [1.82, 2.24) is 0 Å². The van der Waals surface area contributed by atoms with Crippen LogP contribution in [0.25, 0.3) is 11.1 Å². The van der Waals surface area contributed by atoms with Crippen molar-refractivity contribution in [2.75, 3.05) is 0 Å². The molecule has 1 unspecified atom stereocenters. The van der Waals surface area contributed by atoms with Gasteiger partial charge in [0.15, 0.2) is 0 Å². The fourth-order valence-corrected chi connectivity index (χ4v) is 4.35. The molecule has 36 heavy (non-hydrogen) atoms. The smallest absolute Gasteiger partial charge is 1.00 e. The van der Waals surface area contributed by atoms with Crippen LogP contribution in [-0.2, 0) is 43.5 Å². The summed E-state index contributed by atoms with van der Waals surface area (Å²) >= 11 is 0. The average Bonchev–Trinajstić information content (AvgIpc) is 3.31. The van der Waals surface area contributed by atoms with Crippen molar-refractivity contribution in [3.8, 4) is 11.1 Å². The summed E-state index contributed by atoms with van der Waals surface area (Å²) in [6.45, 7) is 24.8. The average molecular weight is 603 g/mol. The topological polar surface area (TPSA) is 0 Å². The van der Waals surface area contributed by atoms with E-state index in [0.29, 0.717) is 11.8 Å². The quantitative estimate of drug-likeness (QED) is 0.376. The first-order valence-corrected chi connectivity index (χ1v) is 12.6. The number of fused-ring (bicyclic) bond motifs is 3. The third-order valence-corrected chi connectivity index (χ3v) is 6.84. The van der Waals surface area contributed by atoms with Gasteiger partial charge < -0.3 is 24.8 Å². The number of benzene rings is 2. The summed E-state index contributed by atoms with van der Waals surface area (Å²) in [6.07, 6.45) is 8.93. The summed E-state index contributed by atoms with van der Waals surface area (Å²) in [5.74, 6) is 1.22. The SMILES string of the molecule is CC(C)(C)c1[c-]c2c(cc1)-c1ccc(C(C)(C)C)cc1C2.CC(C)C1[C-]=CC(C(C)(C)C)=C1.[Cl-].[Cl-].[Zr+4]. The van der Waals surface area contributed by atoms with E-state index in [1.165, 1.54) is 39.0 Å². The third-order valence-electron chi connectivity index (χ3n) is 6.84. The predicted molar refractivity (Wildman–Crippen MR) is 145 cm³/mol. The second-order valence-electron chi connectivity index (χ2n) is 13.3. The molecule has 2 aromatic rings. The normalized spacial score (nSPS) is 16.0. The Kier molecular flexibility index (Phi) is 12.7. The van der Waals surface area contributed by atoms with E-state index in [2.05, 4.69) is 131 Å². The molecule has 2 aliphatic rings. The maximum absolute atomic E-state index is 3.67. The minimum absolute atomic E-state index is 0. The Labute approximate surface area is 253 Å². The van der Waals surface area contributed by atoms with E-state index in [-0.39, 0.29) is 67.3 Å². The van der Waals surface area contributed by atoms with Gasteiger partial charge in [0.1, 0.15) is 0 Å². The van der Waals surface area contributed by atoms with Crippen molar-refractivity contribution in [2.45, 2.75) is 93.4 Å². The van der Waals surface area contributed by atoms with Gasteiger partial charge in [0.25, 0.3) is 0 Å². The summed E-state index contributed by atoms with van der Waals surface area (Å²) in [5.41, 5.74) is 10.4. The first-order valence-electron chi connectivity index (χ1n) is 12.6. The van der Waals surface area contributed by atoms with Crippen LogP contribution in [0.5, 0.6) is 0 Å². The molecule has 4 rings (SSSR count). The van der Waals surface area contributed by atoms with Gasteiger partial charge in [-0.25, -0.2) is 6.08 Å². The molecule has 0 amide bonds. The van der Waals surface area contributed by atoms with Crippen LogP contribution in [0.3, 0.4) is 0 Å². The minimum atomic E-state index is 0. The van der Waals surface area contributed by atoms with E-state index in [0.717, 1.165) is 6.42 Å². The van der Waals surface area contributed by atoms with Crippen molar-refractivity contribution in [2.24, 2.45) is 17.3 Å². The van der Waals surface area contributed by atoms with E-state index >= 15 is 0 Å². The predicted octanol–water partition coefficient (Wildman–Crippen LogP) is 3.26. The van der Waals surface area contributed by atoms with Crippen molar-refractivity contribution in [1.29, 1.82) is 0 Å². The van der Waals surface area contributed by atoms with E-state index in [9.17, 15) is 0 Å². The van der Waals surface area contributed by atoms with Gasteiger partial charge in [-0.2, -0.15) is 35.4 Å². The number of allylic oxidation sites excluding steroid dienone is 4. The molecule has 0 nitrogen and oxygen atoms in total. The minimum Gasteiger partial charge on any atom is -1.00 e. The van der Waals surface area contributed by atoms with E-state index in [4.69, 9.17) is 0 Å². The van der Waals surface area contributed by atoms with Gasteiger partial charge in [0.2, 0.25) is 0 Å². The molecule has 194 valence electrons. The van der Waals surface area contributed by atoms with Crippen LogP contribution in [0, 0.1) is 29.4 Å². The zero-order valence-electron chi connectivity index (χ0n) is 24.2. The summed E-state index contributed by atoms with van der Waals surface area (Å²) in [5, 5.41) is 0. The molecule has 0 spiro atoms. The maximum atomic E-state index is 3.67. The molecule has 1 atom stereocenters. The number of halogens is 2. The molecule has 0 aliphatic heterocycles. The Hall–Kier alpha value is -0.617. The Morgan fingerprint density at radius 2 is 1.36 bits per heavy atom. The van der Waals surface area contributed by atoms with E-state index in [1.54, 1.807) is 0 Å². The fourth-order valence-electron chi connectivity index (χ4n) is 4.35. The van der Waals surface area contributed by atoms with Crippen LogP contribution < -0.4 is 24.8 Å². The van der Waals surface area contributed by atoms with Gasteiger partial charge in [-0.1, -0.05) is 117 Å². The summed E-state index contributed by atoms with van der Waals surface area (Å²) in [6, 6.07) is 15.2. The number of hydrogen-bond acceptors (Lipinski definition) is 0. The van der Waals surface area contributed by atoms with Gasteiger partial charge in [-0.05, 0) is 28.4 Å². The van der Waals surface area contributed by atoms with Crippen LogP contribution in [0.2, 0.25) is 0 Å². The summed E-state index contributed by atoms with van der Waals surface area (Å²) < 4.78 is 0. The summed E-state index contributed by atoms with van der Waals surface area (Å²) in [7, 11) is 0. The Bertz CT molecular complexity index is 1010. The molecule has 0 N–H and O–H groups in total. The molecule has 2 aliphatic carbocycles. The maximum Gasteiger partial charge on any atom is 4.00 e. The van der Waals surface area contributed by atoms with Crippen molar-refractivity contribution >= 4 is 0 Å². The van der Waals surface area contributed by atoms with Crippen LogP contribution in [0.1, 0.15) is 98.4 Å². The van der Waals surface area contributed by atoms with Gasteiger partial charge in [0.05, 0.1) is 0 Å². The first kappa shape index (κ1) is 35.4. The largest absolute Gasteiger partial charge is 4.00 e. The number of hydrogen-bond donors (Lipinski definition) is 0. The first-order chi connectivity index (χ1) is 15.1. The van der Waals surface area contributed by atoms with Crippen molar-refractivity contribution in [3.05, 3.63) is 82.5 Å². The van der Waals surface area contributed by atoms with Gasteiger partial charge in [-0.15, -0.1) is 11.1 Å². The molecule has 3 heteroatoms. The van der Waals surface area contributed by atoms with Crippen LogP contribution in [0.15, 0.2) is 48.1 Å². The zero-order chi connectivity index (χ0) is 24.8. The molecule has 0 radical (unpaired) electrons. The molecule has 0 bridgehead atoms. The van der Waals surface area contributed by atoms with Crippen LogP contribution >= 0.6 is 0 Å². The molecule has 0 saturated carbocycles. The molecule has 0 saturated heterocycles. The monoisotopic (exact) mass is 600 g/mol. The van der Waals surface area contributed by atoms with Crippen molar-refractivity contribution in [3.63, 3.8) is 0 Å². The molecular formula is C33H44Cl2Zr. The Balaban J connectivity index is 0.000000712. The number of rotatable bonds is 1. The third kappa shape index (κ3) is 8.45. The second kappa shape index (κ2) is 13.0. The van der Waals surface area contributed by atoms with Crippen molar-refractivity contribution < 1.29 is 51.0 Å². The molecule has 0 fully saturated rings. The molecule has 0 aromatic heterocycles. The second-order valence-corrected chi connectivity index (χ2v) is 13.3. The Morgan fingerprint density at radius 3 is 1.81 bits per heavy atom. The molecule has 0 heterocycles. The molecular weight excluding hydrogens is 558 g/mol. The standard InChI is InChI=1S/C21H25.C12H19.2ClH.Zr/c1-20(2,3)16-7-9-18-14(12-16)11-15-13-17(21(4,5)6)8-10-19(15)18;1-9(2)10-6-7-11(8-10)12(3,4)5;;;/h7-10,12H,11H2,1-6H3;7-10H,1-5H3;2*1H;/q2*-1;;;+4/p-2. The van der Waals surface area contributed by atoms with Gasteiger partial charge in [-0.3, -0.25) is 6.08 Å². The van der Waals surface area contributed by atoms with E-state index < -0.39 is 0 Å². The fraction of sp³-hybridized carbons (Fsp3) is 0.515. The zero-order valence-corrected chi connectivity index (χ0v) is 28.1. The van der Waals surface area contributed by atoms with Crippen LogP contribution in [0.4, 0.5) is 0 Å². The van der Waals surface area contributed by atoms with E-state index in [1.807, 2.05) is 0 Å². The molecule has 2 aromatic carbocycles. The van der Waals surface area contributed by atoms with Gasteiger partial charge >= 0.3 is 26.2 Å². The van der Waals surface area contributed by atoms with Crippen LogP contribution in [-0.4, -0.2) is 0 Å².